The number of amides is 1. The lowest BCUT2D eigenvalue weighted by Gasteiger charge is -2.29. The number of carbonyl (C=O) groups excluding carboxylic acids is 1. The van der Waals surface area contributed by atoms with Gasteiger partial charge in [-0.25, -0.2) is 21.6 Å². The van der Waals surface area contributed by atoms with Crippen LogP contribution in [-0.2, 0) is 15.4 Å². The minimum absolute atomic E-state index is 0.0709. The van der Waals surface area contributed by atoms with Gasteiger partial charge in [0.25, 0.3) is 5.91 Å². The van der Waals surface area contributed by atoms with Crippen molar-refractivity contribution in [3.63, 3.8) is 0 Å². The molecule has 12 heteroatoms. The fourth-order valence-electron chi connectivity index (χ4n) is 5.77. The summed E-state index contributed by atoms with van der Waals surface area (Å²) in [7, 11) is -4.14. The van der Waals surface area contributed by atoms with E-state index in [1.54, 1.807) is 13.0 Å². The molecule has 4 aromatic rings. The summed E-state index contributed by atoms with van der Waals surface area (Å²) in [6, 6.07) is 15.7. The fraction of sp³-hybridized carbons (Fsp3) is 0.290. The van der Waals surface area contributed by atoms with Crippen LogP contribution in [0.1, 0.15) is 49.2 Å². The Balaban J connectivity index is 1.40. The number of hydrogen-bond donors (Lipinski definition) is 2. The van der Waals surface area contributed by atoms with E-state index in [9.17, 15) is 31.5 Å². The van der Waals surface area contributed by atoms with Crippen LogP contribution in [-0.4, -0.2) is 29.8 Å². The summed E-state index contributed by atoms with van der Waals surface area (Å²) in [5, 5.41) is 16.7. The van der Waals surface area contributed by atoms with E-state index in [2.05, 4.69) is 10.5 Å². The van der Waals surface area contributed by atoms with Crippen molar-refractivity contribution in [2.75, 3.05) is 5.32 Å². The van der Waals surface area contributed by atoms with Gasteiger partial charge in [-0.3, -0.25) is 4.79 Å². The molecule has 1 aliphatic carbocycles. The zero-order valence-electron chi connectivity index (χ0n) is 23.2. The van der Waals surface area contributed by atoms with E-state index in [0.29, 0.717) is 30.7 Å². The highest BCUT2D eigenvalue weighted by molar-refractivity contribution is 7.92. The number of carbonyl (C=O) groups is 1. The smallest absolute Gasteiger partial charge is 0.255 e. The van der Waals surface area contributed by atoms with Crippen LogP contribution in [0.25, 0.3) is 11.3 Å². The Morgan fingerprint density at radius 1 is 1.07 bits per heavy atom. The molecule has 1 saturated carbocycles. The molecule has 0 aliphatic heterocycles. The van der Waals surface area contributed by atoms with E-state index in [1.807, 2.05) is 37.3 Å². The van der Waals surface area contributed by atoms with E-state index in [4.69, 9.17) is 16.1 Å². The van der Waals surface area contributed by atoms with Crippen molar-refractivity contribution in [1.29, 1.82) is 0 Å². The maximum absolute atomic E-state index is 14.1. The van der Waals surface area contributed by atoms with Crippen LogP contribution in [0.3, 0.4) is 0 Å². The minimum atomic E-state index is -4.14. The molecule has 226 valence electrons. The second kappa shape index (κ2) is 11.8. The zero-order valence-corrected chi connectivity index (χ0v) is 24.7. The number of benzene rings is 3. The monoisotopic (exact) mass is 632 g/mol. The normalized spacial score (nSPS) is 20.1. The predicted octanol–water partition coefficient (Wildman–Crippen LogP) is 7.15. The molecule has 1 heterocycles. The van der Waals surface area contributed by atoms with Crippen molar-refractivity contribution in [3.05, 3.63) is 100 Å². The molecule has 0 radical (unpaired) electrons. The van der Waals surface area contributed by atoms with Crippen molar-refractivity contribution in [1.82, 2.24) is 5.16 Å². The Labute approximate surface area is 251 Å². The van der Waals surface area contributed by atoms with Gasteiger partial charge >= 0.3 is 0 Å². The van der Waals surface area contributed by atoms with Crippen molar-refractivity contribution < 1.29 is 36.0 Å². The molecule has 2 N–H and O–H groups in total. The molecular weight excluding hydrogens is 605 g/mol. The van der Waals surface area contributed by atoms with Crippen LogP contribution in [0.5, 0.6) is 0 Å². The first-order valence-corrected chi connectivity index (χ1v) is 15.4. The van der Waals surface area contributed by atoms with Gasteiger partial charge in [-0.15, -0.1) is 0 Å². The molecule has 0 spiro atoms. The van der Waals surface area contributed by atoms with Crippen molar-refractivity contribution in [2.24, 2.45) is 11.8 Å². The van der Waals surface area contributed by atoms with Crippen molar-refractivity contribution in [2.45, 2.75) is 48.9 Å². The number of anilines is 1. The predicted molar refractivity (Wildman–Crippen MR) is 155 cm³/mol. The highest BCUT2D eigenvalue weighted by atomic mass is 35.5. The lowest BCUT2D eigenvalue weighted by Crippen LogP contribution is -2.35. The Kier molecular flexibility index (Phi) is 8.43. The topological polar surface area (TPSA) is 110 Å². The van der Waals surface area contributed by atoms with E-state index in [1.165, 1.54) is 12.1 Å². The molecule has 0 bridgehead atoms. The first-order chi connectivity index (χ1) is 20.3. The van der Waals surface area contributed by atoms with Gasteiger partial charge in [0.05, 0.1) is 15.2 Å². The SMILES string of the molecule is CC1CC[C@@H](C[C@](C)(O)c2cc(-c3ccccc3)on2)C1S(=O)(=O)c1cc(C(=O)Nc2cc(F)c(F)c(F)c2)ccc1Cl. The third-order valence-electron chi connectivity index (χ3n) is 7.90. The third-order valence-corrected chi connectivity index (χ3v) is 10.9. The fourth-order valence-corrected chi connectivity index (χ4v) is 8.62. The number of aliphatic hydroxyl groups is 1. The lowest BCUT2D eigenvalue weighted by atomic mass is 9.87. The summed E-state index contributed by atoms with van der Waals surface area (Å²) >= 11 is 6.34. The Morgan fingerprint density at radius 3 is 2.42 bits per heavy atom. The van der Waals surface area contributed by atoms with Crippen LogP contribution >= 0.6 is 11.6 Å². The number of halogens is 4. The van der Waals surface area contributed by atoms with E-state index in [0.717, 1.165) is 11.6 Å². The Hall–Kier alpha value is -3.67. The van der Waals surface area contributed by atoms with Gasteiger partial charge in [0.2, 0.25) is 0 Å². The quantitative estimate of drug-likeness (QED) is 0.200. The Morgan fingerprint density at radius 2 is 1.74 bits per heavy atom. The molecule has 1 aromatic heterocycles. The van der Waals surface area contributed by atoms with Crippen molar-refractivity contribution in [3.8, 4) is 11.3 Å². The lowest BCUT2D eigenvalue weighted by molar-refractivity contribution is 0.0237. The van der Waals surface area contributed by atoms with Gasteiger partial charge in [-0.1, -0.05) is 54.0 Å². The maximum Gasteiger partial charge on any atom is 0.255 e. The van der Waals surface area contributed by atoms with Crippen LogP contribution < -0.4 is 5.32 Å². The summed E-state index contributed by atoms with van der Waals surface area (Å²) in [4.78, 5) is 12.6. The maximum atomic E-state index is 14.1. The summed E-state index contributed by atoms with van der Waals surface area (Å²) < 4.78 is 74.2. The van der Waals surface area contributed by atoms with Gasteiger partial charge in [0, 0.05) is 35.0 Å². The molecule has 1 fully saturated rings. The first-order valence-electron chi connectivity index (χ1n) is 13.5. The molecule has 7 nitrogen and oxygen atoms in total. The average Bonchev–Trinajstić information content (AvgIpc) is 3.60. The van der Waals surface area contributed by atoms with Gasteiger partial charge in [0.15, 0.2) is 33.0 Å². The summed E-state index contributed by atoms with van der Waals surface area (Å²) in [5.41, 5.74) is -0.952. The highest BCUT2D eigenvalue weighted by Gasteiger charge is 2.47. The number of sulfone groups is 1. The molecule has 1 amide bonds. The molecule has 3 aromatic carbocycles. The van der Waals surface area contributed by atoms with Crippen molar-refractivity contribution >= 4 is 33.0 Å². The van der Waals surface area contributed by atoms with Gasteiger partial charge in [-0.2, -0.15) is 0 Å². The average molecular weight is 633 g/mol. The third kappa shape index (κ3) is 6.20. The molecule has 2 unspecified atom stereocenters. The molecule has 4 atom stereocenters. The zero-order chi connectivity index (χ0) is 31.1. The Bertz CT molecular complexity index is 1760. The first kappa shape index (κ1) is 30.8. The standard InChI is InChI=1S/C31H28ClF3N2O5S/c1-17-8-9-20(16-31(2,39)27-15-25(42-37-27)18-6-4-3-5-7-18)29(17)43(40,41)26-12-19(10-11-22(26)32)30(38)36-21-13-23(33)28(35)24(34)14-21/h3-7,10-15,17,20,29,39H,8-9,16H2,1-2H3,(H,36,38)/t17?,20-,29?,31-/m0/s1. The van der Waals surface area contributed by atoms with Crippen LogP contribution in [0.15, 0.2) is 76.1 Å². The number of nitrogens with zero attached hydrogens (tertiary/aromatic N) is 1. The number of aromatic nitrogens is 1. The van der Waals surface area contributed by atoms with Gasteiger partial charge in [0.1, 0.15) is 11.3 Å². The minimum Gasteiger partial charge on any atom is -0.384 e. The highest BCUT2D eigenvalue weighted by Crippen LogP contribution is 2.45. The molecule has 43 heavy (non-hydrogen) atoms. The van der Waals surface area contributed by atoms with E-state index >= 15 is 0 Å². The van der Waals surface area contributed by atoms with Crippen LogP contribution in [0.4, 0.5) is 18.9 Å². The molecule has 1 aliphatic rings. The number of nitrogens with one attached hydrogen (secondary N) is 1. The van der Waals surface area contributed by atoms with Gasteiger partial charge in [-0.05, 0) is 56.2 Å². The van der Waals surface area contributed by atoms with Crippen LogP contribution in [0, 0.1) is 29.3 Å². The number of hydrogen-bond acceptors (Lipinski definition) is 6. The van der Waals surface area contributed by atoms with E-state index < -0.39 is 50.0 Å². The largest absolute Gasteiger partial charge is 0.384 e. The molecular formula is C31H28ClF3N2O5S. The molecule has 5 rings (SSSR count). The second-order valence-corrected chi connectivity index (χ2v) is 13.6. The van der Waals surface area contributed by atoms with E-state index in [-0.39, 0.29) is 39.2 Å². The summed E-state index contributed by atoms with van der Waals surface area (Å²) in [6.45, 7) is 3.37. The second-order valence-electron chi connectivity index (χ2n) is 11.1. The summed E-state index contributed by atoms with van der Waals surface area (Å²) in [6.07, 6.45) is 1.17. The van der Waals surface area contributed by atoms with Crippen LogP contribution in [0.2, 0.25) is 5.02 Å². The number of rotatable bonds is 8. The van der Waals surface area contributed by atoms with Gasteiger partial charge < -0.3 is 14.9 Å². The summed E-state index contributed by atoms with van der Waals surface area (Å²) in [5.74, 6) is -5.85. The molecule has 0 saturated heterocycles.